The van der Waals surface area contributed by atoms with Crippen molar-refractivity contribution < 1.29 is 4.52 Å². The SMILES string of the molecule is c1ncc2[nH]c(SCc3cnoc3C3CC3)nc2n1. The summed E-state index contributed by atoms with van der Waals surface area (Å²) in [4.78, 5) is 15.7. The molecular formula is C12H11N5OS. The van der Waals surface area contributed by atoms with Gasteiger partial charge in [0.2, 0.25) is 0 Å². The number of aromatic nitrogens is 5. The molecule has 0 radical (unpaired) electrons. The van der Waals surface area contributed by atoms with Gasteiger partial charge in [-0.2, -0.15) is 0 Å². The lowest BCUT2D eigenvalue weighted by molar-refractivity contribution is 0.383. The Kier molecular flexibility index (Phi) is 2.51. The van der Waals surface area contributed by atoms with E-state index in [-0.39, 0.29) is 0 Å². The Labute approximate surface area is 113 Å². The second kappa shape index (κ2) is 4.34. The van der Waals surface area contributed by atoms with E-state index in [0.29, 0.717) is 11.6 Å². The van der Waals surface area contributed by atoms with E-state index in [0.717, 1.165) is 22.2 Å². The van der Waals surface area contributed by atoms with Gasteiger partial charge < -0.3 is 9.51 Å². The first-order valence-corrected chi connectivity index (χ1v) is 7.10. The van der Waals surface area contributed by atoms with Crippen LogP contribution in [0, 0.1) is 0 Å². The Morgan fingerprint density at radius 3 is 3.16 bits per heavy atom. The first-order chi connectivity index (χ1) is 9.40. The molecule has 19 heavy (non-hydrogen) atoms. The van der Waals surface area contributed by atoms with Crippen LogP contribution in [0.1, 0.15) is 30.1 Å². The molecule has 1 aliphatic rings. The van der Waals surface area contributed by atoms with Gasteiger partial charge in [-0.05, 0) is 12.8 Å². The first kappa shape index (κ1) is 11.0. The highest BCUT2D eigenvalue weighted by atomic mass is 32.2. The summed E-state index contributed by atoms with van der Waals surface area (Å²) in [5.41, 5.74) is 2.72. The van der Waals surface area contributed by atoms with Crippen LogP contribution in [-0.2, 0) is 5.75 Å². The number of hydrogen-bond donors (Lipinski definition) is 1. The number of nitrogens with one attached hydrogen (secondary N) is 1. The minimum atomic E-state index is 0.583. The normalized spacial score (nSPS) is 15.2. The number of fused-ring (bicyclic) bond motifs is 1. The molecule has 3 aromatic rings. The van der Waals surface area contributed by atoms with Crippen LogP contribution in [0.4, 0.5) is 0 Å². The number of H-pyrrole nitrogens is 1. The van der Waals surface area contributed by atoms with E-state index in [1.807, 2.05) is 6.20 Å². The molecule has 0 amide bonds. The maximum Gasteiger partial charge on any atom is 0.181 e. The first-order valence-electron chi connectivity index (χ1n) is 6.12. The molecule has 0 atom stereocenters. The number of nitrogens with zero attached hydrogens (tertiary/aromatic N) is 4. The third kappa shape index (κ3) is 2.10. The lowest BCUT2D eigenvalue weighted by atomic mass is 10.2. The van der Waals surface area contributed by atoms with Crippen molar-refractivity contribution in [3.05, 3.63) is 30.0 Å². The summed E-state index contributed by atoms with van der Waals surface area (Å²) < 4.78 is 5.32. The van der Waals surface area contributed by atoms with E-state index in [1.54, 1.807) is 18.0 Å². The van der Waals surface area contributed by atoms with Crippen LogP contribution in [0.25, 0.3) is 11.2 Å². The molecule has 7 heteroatoms. The van der Waals surface area contributed by atoms with E-state index in [4.69, 9.17) is 4.52 Å². The summed E-state index contributed by atoms with van der Waals surface area (Å²) in [5, 5.41) is 4.74. The van der Waals surface area contributed by atoms with Crippen molar-refractivity contribution in [1.82, 2.24) is 25.1 Å². The predicted octanol–water partition coefficient (Wildman–Crippen LogP) is 2.51. The van der Waals surface area contributed by atoms with Gasteiger partial charge in [-0.3, -0.25) is 0 Å². The maximum absolute atomic E-state index is 5.32. The van der Waals surface area contributed by atoms with Gasteiger partial charge in [0, 0.05) is 17.2 Å². The van der Waals surface area contributed by atoms with E-state index >= 15 is 0 Å². The molecule has 4 rings (SSSR count). The lowest BCUT2D eigenvalue weighted by Crippen LogP contribution is -1.85. The highest BCUT2D eigenvalue weighted by Crippen LogP contribution is 2.42. The Morgan fingerprint density at radius 2 is 2.32 bits per heavy atom. The summed E-state index contributed by atoms with van der Waals surface area (Å²) in [5.74, 6) is 2.44. The fourth-order valence-electron chi connectivity index (χ4n) is 2.01. The van der Waals surface area contributed by atoms with Gasteiger partial charge in [0.25, 0.3) is 0 Å². The fourth-order valence-corrected chi connectivity index (χ4v) is 2.86. The molecule has 1 N–H and O–H groups in total. The average molecular weight is 273 g/mol. The van der Waals surface area contributed by atoms with Gasteiger partial charge >= 0.3 is 0 Å². The predicted molar refractivity (Wildman–Crippen MR) is 69.7 cm³/mol. The van der Waals surface area contributed by atoms with Crippen molar-refractivity contribution in [3.63, 3.8) is 0 Å². The molecular weight excluding hydrogens is 262 g/mol. The summed E-state index contributed by atoms with van der Waals surface area (Å²) in [6.07, 6.45) is 7.47. The Bertz CT molecular complexity index is 685. The molecule has 3 heterocycles. The van der Waals surface area contributed by atoms with Gasteiger partial charge in [-0.1, -0.05) is 16.9 Å². The zero-order valence-electron chi connectivity index (χ0n) is 10.0. The summed E-state index contributed by atoms with van der Waals surface area (Å²) in [6, 6.07) is 0. The van der Waals surface area contributed by atoms with Crippen molar-refractivity contribution in [2.45, 2.75) is 29.7 Å². The van der Waals surface area contributed by atoms with Crippen molar-refractivity contribution in [2.75, 3.05) is 0 Å². The molecule has 0 unspecified atom stereocenters. The Morgan fingerprint density at radius 1 is 1.37 bits per heavy atom. The number of rotatable bonds is 4. The molecule has 1 saturated carbocycles. The Balaban J connectivity index is 1.53. The second-order valence-corrected chi connectivity index (χ2v) is 5.54. The fraction of sp³-hybridized carbons (Fsp3) is 0.333. The maximum atomic E-state index is 5.32. The van der Waals surface area contributed by atoms with Crippen LogP contribution in [0.5, 0.6) is 0 Å². The number of aromatic amines is 1. The monoisotopic (exact) mass is 273 g/mol. The van der Waals surface area contributed by atoms with Crippen molar-refractivity contribution >= 4 is 22.9 Å². The molecule has 0 aromatic carbocycles. The molecule has 1 fully saturated rings. The van der Waals surface area contributed by atoms with Gasteiger partial charge in [0.05, 0.1) is 12.4 Å². The zero-order chi connectivity index (χ0) is 12.7. The van der Waals surface area contributed by atoms with E-state index in [2.05, 4.69) is 25.1 Å². The van der Waals surface area contributed by atoms with E-state index in [1.165, 1.54) is 24.7 Å². The van der Waals surface area contributed by atoms with Gasteiger partial charge in [-0.25, -0.2) is 15.0 Å². The van der Waals surface area contributed by atoms with Gasteiger partial charge in [0.15, 0.2) is 10.8 Å². The molecule has 6 nitrogen and oxygen atoms in total. The van der Waals surface area contributed by atoms with Crippen LogP contribution >= 0.6 is 11.8 Å². The molecule has 3 aromatic heterocycles. The van der Waals surface area contributed by atoms with Crippen molar-refractivity contribution in [2.24, 2.45) is 0 Å². The van der Waals surface area contributed by atoms with E-state index in [9.17, 15) is 0 Å². The summed E-state index contributed by atoms with van der Waals surface area (Å²) >= 11 is 1.63. The third-order valence-corrected chi connectivity index (χ3v) is 4.05. The van der Waals surface area contributed by atoms with E-state index < -0.39 is 0 Å². The largest absolute Gasteiger partial charge is 0.361 e. The number of thioether (sulfide) groups is 1. The minimum Gasteiger partial charge on any atom is -0.361 e. The van der Waals surface area contributed by atoms with Gasteiger partial charge in [0.1, 0.15) is 17.6 Å². The lowest BCUT2D eigenvalue weighted by Gasteiger charge is -1.97. The standard InChI is InChI=1S/C12H11N5OS/c1-2-7(1)10-8(3-15-18-10)5-19-12-16-9-4-13-6-14-11(9)17-12/h3-4,6-7H,1-2,5H2,(H,13,14,16,17). The Hall–Kier alpha value is -1.89. The number of imidazole rings is 1. The summed E-state index contributed by atoms with van der Waals surface area (Å²) in [6.45, 7) is 0. The number of hydrogen-bond acceptors (Lipinski definition) is 6. The van der Waals surface area contributed by atoms with Crippen LogP contribution < -0.4 is 0 Å². The second-order valence-electron chi connectivity index (χ2n) is 4.58. The molecule has 0 spiro atoms. The topological polar surface area (TPSA) is 80.5 Å². The smallest absolute Gasteiger partial charge is 0.181 e. The van der Waals surface area contributed by atoms with Crippen molar-refractivity contribution in [3.8, 4) is 0 Å². The molecule has 0 aliphatic heterocycles. The van der Waals surface area contributed by atoms with Crippen LogP contribution in [0.3, 0.4) is 0 Å². The van der Waals surface area contributed by atoms with Crippen LogP contribution in [0.15, 0.2) is 28.4 Å². The van der Waals surface area contributed by atoms with Crippen molar-refractivity contribution in [1.29, 1.82) is 0 Å². The van der Waals surface area contributed by atoms with Crippen LogP contribution in [-0.4, -0.2) is 25.1 Å². The molecule has 0 saturated heterocycles. The van der Waals surface area contributed by atoms with Gasteiger partial charge in [-0.15, -0.1) is 0 Å². The highest BCUT2D eigenvalue weighted by molar-refractivity contribution is 7.98. The average Bonchev–Trinajstić information content (AvgIpc) is 3.03. The zero-order valence-corrected chi connectivity index (χ0v) is 10.9. The molecule has 0 bridgehead atoms. The minimum absolute atomic E-state index is 0.583. The summed E-state index contributed by atoms with van der Waals surface area (Å²) in [7, 11) is 0. The molecule has 96 valence electrons. The molecule has 1 aliphatic carbocycles. The van der Waals surface area contributed by atoms with Crippen LogP contribution in [0.2, 0.25) is 0 Å². The highest BCUT2D eigenvalue weighted by Gasteiger charge is 2.30. The third-order valence-electron chi connectivity index (χ3n) is 3.13. The quantitative estimate of drug-likeness (QED) is 0.736.